The molecule has 1 saturated carbocycles. The molecule has 19 heavy (non-hydrogen) atoms. The fraction of sp³-hybridized carbons (Fsp3) is 0.467. The second kappa shape index (κ2) is 5.43. The van der Waals surface area contributed by atoms with Crippen LogP contribution in [0.3, 0.4) is 0 Å². The minimum Gasteiger partial charge on any atom is -0.347 e. The number of carbonyl (C=O) groups excluding carboxylic acids is 2. The predicted molar refractivity (Wildman–Crippen MR) is 74.8 cm³/mol. The summed E-state index contributed by atoms with van der Waals surface area (Å²) >= 11 is 0. The molecule has 1 aliphatic rings. The van der Waals surface area contributed by atoms with Crippen LogP contribution in [0.2, 0.25) is 0 Å². The van der Waals surface area contributed by atoms with Crippen molar-refractivity contribution in [3.63, 3.8) is 0 Å². The normalized spacial score (nSPS) is 20.8. The van der Waals surface area contributed by atoms with Crippen LogP contribution in [-0.2, 0) is 9.59 Å². The average Bonchev–Trinajstić information content (AvgIpc) is 3.09. The van der Waals surface area contributed by atoms with E-state index >= 15 is 0 Å². The Bertz CT molecular complexity index is 511. The molecule has 0 spiro atoms. The van der Waals surface area contributed by atoms with E-state index < -0.39 is 0 Å². The van der Waals surface area contributed by atoms with Gasteiger partial charge >= 0.3 is 0 Å². The van der Waals surface area contributed by atoms with Gasteiger partial charge in [0.1, 0.15) is 0 Å². The number of benzene rings is 1. The first-order chi connectivity index (χ1) is 8.99. The van der Waals surface area contributed by atoms with Gasteiger partial charge in [0.25, 0.3) is 0 Å². The number of aryl methyl sites for hydroxylation is 1. The molecule has 1 aromatic rings. The average molecular weight is 260 g/mol. The molecule has 0 bridgehead atoms. The highest BCUT2D eigenvalue weighted by Crippen LogP contribution is 2.37. The van der Waals surface area contributed by atoms with Crippen LogP contribution in [0.1, 0.15) is 24.5 Å². The van der Waals surface area contributed by atoms with Crippen molar-refractivity contribution in [2.75, 3.05) is 11.9 Å². The van der Waals surface area contributed by atoms with Crippen molar-refractivity contribution in [1.29, 1.82) is 0 Å². The summed E-state index contributed by atoms with van der Waals surface area (Å²) in [5, 5.41) is 5.50. The number of hydrogen-bond donors (Lipinski definition) is 2. The Hall–Kier alpha value is -1.84. The quantitative estimate of drug-likeness (QED) is 0.870. The number of carbonyl (C=O) groups is 2. The van der Waals surface area contributed by atoms with E-state index in [9.17, 15) is 9.59 Å². The molecule has 1 aliphatic carbocycles. The summed E-state index contributed by atoms with van der Waals surface area (Å²) in [7, 11) is 0. The van der Waals surface area contributed by atoms with Gasteiger partial charge in [0.15, 0.2) is 0 Å². The molecule has 4 nitrogen and oxygen atoms in total. The van der Waals surface area contributed by atoms with Gasteiger partial charge in [-0.1, -0.05) is 19.1 Å². The molecule has 0 aromatic heterocycles. The molecule has 0 aliphatic heterocycles. The van der Waals surface area contributed by atoms with Gasteiger partial charge < -0.3 is 10.6 Å². The zero-order chi connectivity index (χ0) is 14.0. The van der Waals surface area contributed by atoms with Gasteiger partial charge in [-0.25, -0.2) is 0 Å². The van der Waals surface area contributed by atoms with Crippen LogP contribution in [0.4, 0.5) is 5.69 Å². The summed E-state index contributed by atoms with van der Waals surface area (Å²) < 4.78 is 0. The summed E-state index contributed by atoms with van der Waals surface area (Å²) in [6.07, 6.45) is 0.935. The van der Waals surface area contributed by atoms with Gasteiger partial charge in [-0.3, -0.25) is 9.59 Å². The van der Waals surface area contributed by atoms with Gasteiger partial charge in [0.2, 0.25) is 11.8 Å². The maximum Gasteiger partial charge on any atom is 0.243 e. The molecule has 0 unspecified atom stereocenters. The van der Waals surface area contributed by atoms with Crippen molar-refractivity contribution in [3.8, 4) is 0 Å². The Morgan fingerprint density at radius 2 is 2.00 bits per heavy atom. The molecule has 0 radical (unpaired) electrons. The van der Waals surface area contributed by atoms with Crippen LogP contribution in [0, 0.1) is 25.7 Å². The van der Waals surface area contributed by atoms with Crippen molar-refractivity contribution in [3.05, 3.63) is 29.3 Å². The minimum atomic E-state index is -0.185. The van der Waals surface area contributed by atoms with E-state index in [4.69, 9.17) is 0 Å². The number of anilines is 1. The highest BCUT2D eigenvalue weighted by Gasteiger charge is 2.38. The summed E-state index contributed by atoms with van der Waals surface area (Å²) in [5.74, 6) is 0.370. The standard InChI is InChI=1S/C15H20N2O2/c1-9-5-4-6-13(11(9)3)17-14(18)8-16-15(19)12-7-10(12)2/h4-6,10,12H,7-8H2,1-3H3,(H,16,19)(H,17,18)/t10-,12+/m0/s1. The van der Waals surface area contributed by atoms with Crippen molar-refractivity contribution in [1.82, 2.24) is 5.32 Å². The predicted octanol–water partition coefficient (Wildman–Crippen LogP) is 2.01. The zero-order valence-corrected chi connectivity index (χ0v) is 11.6. The molecule has 1 fully saturated rings. The molecule has 1 aromatic carbocycles. The van der Waals surface area contributed by atoms with Crippen molar-refractivity contribution >= 4 is 17.5 Å². The lowest BCUT2D eigenvalue weighted by Gasteiger charge is -2.10. The Kier molecular flexibility index (Phi) is 3.88. The number of hydrogen-bond acceptors (Lipinski definition) is 2. The molecule has 102 valence electrons. The lowest BCUT2D eigenvalue weighted by molar-refractivity contribution is -0.125. The number of rotatable bonds is 4. The third-order valence-corrected chi connectivity index (χ3v) is 3.75. The van der Waals surface area contributed by atoms with Crippen LogP contribution in [0.5, 0.6) is 0 Å². The van der Waals surface area contributed by atoms with E-state index in [2.05, 4.69) is 10.6 Å². The van der Waals surface area contributed by atoms with Crippen LogP contribution in [0.25, 0.3) is 0 Å². The van der Waals surface area contributed by atoms with Gasteiger partial charge in [0, 0.05) is 11.6 Å². The summed E-state index contributed by atoms with van der Waals surface area (Å²) in [5.41, 5.74) is 2.99. The van der Waals surface area contributed by atoms with Crippen molar-refractivity contribution in [2.45, 2.75) is 27.2 Å². The maximum absolute atomic E-state index is 11.8. The van der Waals surface area contributed by atoms with Gasteiger partial charge in [0.05, 0.1) is 6.54 Å². The van der Waals surface area contributed by atoms with E-state index in [1.165, 1.54) is 0 Å². The molecular formula is C15H20N2O2. The summed E-state index contributed by atoms with van der Waals surface area (Å²) in [6.45, 7) is 6.05. The van der Waals surface area contributed by atoms with Crippen LogP contribution < -0.4 is 10.6 Å². The highest BCUT2D eigenvalue weighted by atomic mass is 16.2. The fourth-order valence-electron chi connectivity index (χ4n) is 2.07. The van der Waals surface area contributed by atoms with Gasteiger partial charge in [-0.05, 0) is 43.4 Å². The van der Waals surface area contributed by atoms with E-state index in [1.54, 1.807) is 0 Å². The maximum atomic E-state index is 11.8. The smallest absolute Gasteiger partial charge is 0.243 e. The molecular weight excluding hydrogens is 240 g/mol. The second-order valence-corrected chi connectivity index (χ2v) is 5.33. The van der Waals surface area contributed by atoms with Crippen LogP contribution >= 0.6 is 0 Å². The first-order valence-electron chi connectivity index (χ1n) is 6.63. The largest absolute Gasteiger partial charge is 0.347 e. The second-order valence-electron chi connectivity index (χ2n) is 5.33. The molecule has 0 saturated heterocycles. The molecule has 2 N–H and O–H groups in total. The first-order valence-corrected chi connectivity index (χ1v) is 6.63. The van der Waals surface area contributed by atoms with E-state index in [1.807, 2.05) is 39.0 Å². The number of nitrogens with one attached hydrogen (secondary N) is 2. The Morgan fingerprint density at radius 1 is 1.32 bits per heavy atom. The van der Waals surface area contributed by atoms with E-state index in [0.29, 0.717) is 5.92 Å². The lowest BCUT2D eigenvalue weighted by atomic mass is 10.1. The lowest BCUT2D eigenvalue weighted by Crippen LogP contribution is -2.34. The van der Waals surface area contributed by atoms with Gasteiger partial charge in [-0.15, -0.1) is 0 Å². The minimum absolute atomic E-state index is 0.0105. The highest BCUT2D eigenvalue weighted by molar-refractivity contribution is 5.95. The number of amides is 2. The summed E-state index contributed by atoms with van der Waals surface area (Å²) in [4.78, 5) is 23.4. The topological polar surface area (TPSA) is 58.2 Å². The first kappa shape index (κ1) is 13.6. The fourth-order valence-corrected chi connectivity index (χ4v) is 2.07. The van der Waals surface area contributed by atoms with Crippen LogP contribution in [-0.4, -0.2) is 18.4 Å². The third-order valence-electron chi connectivity index (χ3n) is 3.75. The molecule has 2 amide bonds. The zero-order valence-electron chi connectivity index (χ0n) is 11.6. The van der Waals surface area contributed by atoms with E-state index in [-0.39, 0.29) is 24.3 Å². The Morgan fingerprint density at radius 3 is 2.63 bits per heavy atom. The van der Waals surface area contributed by atoms with Crippen molar-refractivity contribution < 1.29 is 9.59 Å². The van der Waals surface area contributed by atoms with Gasteiger partial charge in [-0.2, -0.15) is 0 Å². The monoisotopic (exact) mass is 260 g/mol. The molecule has 0 heterocycles. The third kappa shape index (κ3) is 3.34. The molecule has 2 rings (SSSR count). The van der Waals surface area contributed by atoms with Crippen LogP contribution in [0.15, 0.2) is 18.2 Å². The SMILES string of the molecule is Cc1cccc(NC(=O)CNC(=O)[C@@H]2C[C@@H]2C)c1C. The summed E-state index contributed by atoms with van der Waals surface area (Å²) in [6, 6.07) is 5.77. The van der Waals surface area contributed by atoms with Crippen molar-refractivity contribution in [2.24, 2.45) is 11.8 Å². The Balaban J connectivity index is 1.84. The Labute approximate surface area is 113 Å². The van der Waals surface area contributed by atoms with E-state index in [0.717, 1.165) is 23.2 Å². The molecule has 4 heteroatoms. The molecule has 2 atom stereocenters.